The summed E-state index contributed by atoms with van der Waals surface area (Å²) in [5.74, 6) is -1.81. The Labute approximate surface area is 86.1 Å². The van der Waals surface area contributed by atoms with Crippen molar-refractivity contribution in [2.24, 2.45) is 5.92 Å². The number of carbonyl (C=O) groups excluding carboxylic acids is 1. The van der Waals surface area contributed by atoms with Crippen molar-refractivity contribution in [2.45, 2.75) is 13.5 Å². The molecule has 0 saturated carbocycles. The van der Waals surface area contributed by atoms with Crippen LogP contribution in [0.1, 0.15) is 6.92 Å². The summed E-state index contributed by atoms with van der Waals surface area (Å²) in [6, 6.07) is 0. The Morgan fingerprint density at radius 1 is 1.60 bits per heavy atom. The lowest BCUT2D eigenvalue weighted by molar-refractivity contribution is -0.141. The molecule has 82 valence electrons. The number of carboxylic acids is 1. The number of rotatable bonds is 5. The molecule has 1 atom stereocenters. The van der Waals surface area contributed by atoms with E-state index in [1.807, 2.05) is 0 Å². The van der Waals surface area contributed by atoms with Gasteiger partial charge in [-0.05, 0) is 0 Å². The van der Waals surface area contributed by atoms with Gasteiger partial charge in [0.25, 0.3) is 0 Å². The number of nitrogens with one attached hydrogen (secondary N) is 1. The first kappa shape index (κ1) is 11.2. The van der Waals surface area contributed by atoms with Gasteiger partial charge in [0.15, 0.2) is 0 Å². The van der Waals surface area contributed by atoms with Crippen molar-refractivity contribution in [1.29, 1.82) is 0 Å². The Bertz CT molecular complexity index is 336. The molecule has 0 spiro atoms. The average Bonchev–Trinajstić information content (AvgIpc) is 2.66. The number of carbonyl (C=O) groups is 2. The SMILES string of the molecule is CC(CNC(=O)Cn1cncn1)C(=O)O. The molecule has 1 aromatic rings. The Morgan fingerprint density at radius 2 is 2.33 bits per heavy atom. The molecule has 1 unspecified atom stereocenters. The molecule has 0 aliphatic rings. The van der Waals surface area contributed by atoms with Gasteiger partial charge in [-0.2, -0.15) is 5.10 Å². The highest BCUT2D eigenvalue weighted by atomic mass is 16.4. The van der Waals surface area contributed by atoms with E-state index < -0.39 is 11.9 Å². The summed E-state index contributed by atoms with van der Waals surface area (Å²) in [6.45, 7) is 1.69. The quantitative estimate of drug-likeness (QED) is 0.660. The first-order chi connectivity index (χ1) is 7.09. The van der Waals surface area contributed by atoms with Gasteiger partial charge >= 0.3 is 5.97 Å². The van der Waals surface area contributed by atoms with Gasteiger partial charge in [-0.25, -0.2) is 9.67 Å². The van der Waals surface area contributed by atoms with Crippen LogP contribution in [0.15, 0.2) is 12.7 Å². The molecule has 7 nitrogen and oxygen atoms in total. The lowest BCUT2D eigenvalue weighted by Gasteiger charge is -2.07. The fraction of sp³-hybridized carbons (Fsp3) is 0.500. The van der Waals surface area contributed by atoms with Crippen LogP contribution >= 0.6 is 0 Å². The largest absolute Gasteiger partial charge is 0.481 e. The van der Waals surface area contributed by atoms with Gasteiger partial charge in [0, 0.05) is 6.54 Å². The molecule has 0 radical (unpaired) electrons. The molecule has 15 heavy (non-hydrogen) atoms. The first-order valence-corrected chi connectivity index (χ1v) is 4.41. The highest BCUT2D eigenvalue weighted by Crippen LogP contribution is 1.91. The Balaban J connectivity index is 2.28. The maximum absolute atomic E-state index is 11.2. The van der Waals surface area contributed by atoms with Crippen LogP contribution in [0.2, 0.25) is 0 Å². The van der Waals surface area contributed by atoms with Gasteiger partial charge in [-0.1, -0.05) is 6.92 Å². The van der Waals surface area contributed by atoms with Crippen molar-refractivity contribution >= 4 is 11.9 Å². The number of nitrogens with zero attached hydrogens (tertiary/aromatic N) is 3. The fourth-order valence-corrected chi connectivity index (χ4v) is 0.872. The third kappa shape index (κ3) is 3.75. The smallest absolute Gasteiger partial charge is 0.308 e. The van der Waals surface area contributed by atoms with Gasteiger partial charge < -0.3 is 10.4 Å². The highest BCUT2D eigenvalue weighted by molar-refractivity contribution is 5.76. The number of aliphatic carboxylic acids is 1. The number of hydrogen-bond acceptors (Lipinski definition) is 4. The minimum atomic E-state index is -0.934. The molecule has 0 fully saturated rings. The molecule has 1 rings (SSSR count). The summed E-state index contributed by atoms with van der Waals surface area (Å²) in [4.78, 5) is 25.4. The second kappa shape index (κ2) is 5.08. The van der Waals surface area contributed by atoms with E-state index in [-0.39, 0.29) is 19.0 Å². The van der Waals surface area contributed by atoms with Crippen LogP contribution in [0.4, 0.5) is 0 Å². The molecule has 1 heterocycles. The minimum absolute atomic E-state index is 0.0480. The van der Waals surface area contributed by atoms with Crippen molar-refractivity contribution in [3.8, 4) is 0 Å². The van der Waals surface area contributed by atoms with E-state index in [9.17, 15) is 9.59 Å². The Morgan fingerprint density at radius 3 is 2.87 bits per heavy atom. The van der Waals surface area contributed by atoms with Gasteiger partial charge in [0.2, 0.25) is 5.91 Å². The van der Waals surface area contributed by atoms with Crippen LogP contribution < -0.4 is 5.32 Å². The second-order valence-electron chi connectivity index (χ2n) is 3.14. The zero-order valence-corrected chi connectivity index (χ0v) is 8.25. The molecule has 0 saturated heterocycles. The summed E-state index contributed by atoms with van der Waals surface area (Å²) in [5.41, 5.74) is 0. The van der Waals surface area contributed by atoms with Gasteiger partial charge in [-0.15, -0.1) is 0 Å². The summed E-state index contributed by atoms with van der Waals surface area (Å²) >= 11 is 0. The third-order valence-corrected chi connectivity index (χ3v) is 1.80. The van der Waals surface area contributed by atoms with E-state index >= 15 is 0 Å². The van der Waals surface area contributed by atoms with E-state index in [1.54, 1.807) is 0 Å². The van der Waals surface area contributed by atoms with Crippen LogP contribution in [0.25, 0.3) is 0 Å². The lowest BCUT2D eigenvalue weighted by Crippen LogP contribution is -2.33. The standard InChI is InChI=1S/C8H12N4O3/c1-6(8(14)15)2-10-7(13)3-12-5-9-4-11-12/h4-6H,2-3H2,1H3,(H,10,13)(H,14,15). The number of aromatic nitrogens is 3. The highest BCUT2D eigenvalue weighted by Gasteiger charge is 2.12. The average molecular weight is 212 g/mol. The zero-order chi connectivity index (χ0) is 11.3. The first-order valence-electron chi connectivity index (χ1n) is 4.41. The van der Waals surface area contributed by atoms with E-state index in [0.717, 1.165) is 0 Å². The van der Waals surface area contributed by atoms with Crippen molar-refractivity contribution in [3.63, 3.8) is 0 Å². The molecule has 1 amide bonds. The van der Waals surface area contributed by atoms with Crippen LogP contribution in [0.3, 0.4) is 0 Å². The van der Waals surface area contributed by atoms with Crippen LogP contribution in [-0.2, 0) is 16.1 Å². The topological polar surface area (TPSA) is 97.1 Å². The van der Waals surface area contributed by atoms with E-state index in [2.05, 4.69) is 15.4 Å². The van der Waals surface area contributed by atoms with Gasteiger partial charge in [-0.3, -0.25) is 9.59 Å². The minimum Gasteiger partial charge on any atom is -0.481 e. The lowest BCUT2D eigenvalue weighted by atomic mass is 10.2. The molecular weight excluding hydrogens is 200 g/mol. The van der Waals surface area contributed by atoms with E-state index in [0.29, 0.717) is 0 Å². The molecule has 7 heteroatoms. The molecule has 2 N–H and O–H groups in total. The molecule has 0 aliphatic carbocycles. The van der Waals surface area contributed by atoms with Gasteiger partial charge in [0.05, 0.1) is 5.92 Å². The molecule has 0 bridgehead atoms. The van der Waals surface area contributed by atoms with Crippen molar-refractivity contribution < 1.29 is 14.7 Å². The van der Waals surface area contributed by atoms with Crippen LogP contribution in [0.5, 0.6) is 0 Å². The maximum atomic E-state index is 11.2. The molecule has 1 aromatic heterocycles. The number of hydrogen-bond donors (Lipinski definition) is 2. The molecule has 0 aromatic carbocycles. The van der Waals surface area contributed by atoms with Crippen molar-refractivity contribution in [3.05, 3.63) is 12.7 Å². The van der Waals surface area contributed by atoms with Crippen LogP contribution in [-0.4, -0.2) is 38.3 Å². The monoisotopic (exact) mass is 212 g/mol. The maximum Gasteiger partial charge on any atom is 0.308 e. The third-order valence-electron chi connectivity index (χ3n) is 1.80. The van der Waals surface area contributed by atoms with Crippen molar-refractivity contribution in [2.75, 3.05) is 6.54 Å². The Hall–Kier alpha value is -1.92. The number of amides is 1. The fourth-order valence-electron chi connectivity index (χ4n) is 0.872. The molecule has 0 aliphatic heterocycles. The second-order valence-corrected chi connectivity index (χ2v) is 3.14. The Kier molecular flexibility index (Phi) is 3.78. The van der Waals surface area contributed by atoms with E-state index in [4.69, 9.17) is 5.11 Å². The zero-order valence-electron chi connectivity index (χ0n) is 8.25. The summed E-state index contributed by atoms with van der Waals surface area (Å²) in [5, 5.41) is 14.8. The number of carboxylic acid groups (broad SMARTS) is 1. The van der Waals surface area contributed by atoms with Gasteiger partial charge in [0.1, 0.15) is 19.2 Å². The summed E-state index contributed by atoms with van der Waals surface area (Å²) in [6.07, 6.45) is 2.74. The predicted octanol–water partition coefficient (Wildman–Crippen LogP) is -0.885. The summed E-state index contributed by atoms with van der Waals surface area (Å²) in [7, 11) is 0. The molecular formula is C8H12N4O3. The normalized spacial score (nSPS) is 12.1. The van der Waals surface area contributed by atoms with Crippen molar-refractivity contribution in [1.82, 2.24) is 20.1 Å². The predicted molar refractivity (Wildman–Crippen MR) is 49.8 cm³/mol. The van der Waals surface area contributed by atoms with E-state index in [1.165, 1.54) is 24.3 Å². The summed E-state index contributed by atoms with van der Waals surface area (Å²) < 4.78 is 1.36. The van der Waals surface area contributed by atoms with Crippen LogP contribution in [0, 0.1) is 5.92 Å².